The van der Waals surface area contributed by atoms with Crippen LogP contribution >= 0.6 is 0 Å². The smallest absolute Gasteiger partial charge is 0.142 e. The van der Waals surface area contributed by atoms with E-state index in [1.165, 1.54) is 7.11 Å². The minimum Gasteiger partial charge on any atom is -0.399 e. The van der Waals surface area contributed by atoms with E-state index in [-0.39, 0.29) is 0 Å². The number of pyridine rings is 1. The van der Waals surface area contributed by atoms with Crippen molar-refractivity contribution in [3.63, 3.8) is 0 Å². The topological polar surface area (TPSA) is 56.1 Å². The van der Waals surface area contributed by atoms with Crippen LogP contribution in [-0.2, 0) is 16.3 Å². The van der Waals surface area contributed by atoms with Crippen molar-refractivity contribution in [2.24, 2.45) is 10.3 Å². The molecular weight excluding hydrogens is 278 g/mol. The Morgan fingerprint density at radius 1 is 1.05 bits per heavy atom. The lowest BCUT2D eigenvalue weighted by atomic mass is 10.1. The lowest BCUT2D eigenvalue weighted by molar-refractivity contribution is 0.130. The molecule has 5 nitrogen and oxygen atoms in total. The van der Waals surface area contributed by atoms with Gasteiger partial charge in [-0.3, -0.25) is 4.98 Å². The first-order valence-electron chi connectivity index (χ1n) is 6.95. The van der Waals surface area contributed by atoms with E-state index in [2.05, 4.69) is 15.3 Å². The molecule has 0 atom stereocenters. The molecule has 0 unspecified atom stereocenters. The summed E-state index contributed by atoms with van der Waals surface area (Å²) in [6.45, 7) is 4.15. The van der Waals surface area contributed by atoms with Gasteiger partial charge in [-0.1, -0.05) is 34.6 Å². The van der Waals surface area contributed by atoms with Crippen LogP contribution in [0.25, 0.3) is 0 Å². The summed E-state index contributed by atoms with van der Waals surface area (Å²) in [4.78, 5) is 14.4. The highest BCUT2D eigenvalue weighted by molar-refractivity contribution is 5.98. The van der Waals surface area contributed by atoms with Crippen molar-refractivity contribution in [1.29, 1.82) is 0 Å². The van der Waals surface area contributed by atoms with E-state index >= 15 is 0 Å². The molecular formula is C17H19N3O2. The van der Waals surface area contributed by atoms with Gasteiger partial charge in [0.1, 0.15) is 19.4 Å². The van der Waals surface area contributed by atoms with Crippen LogP contribution in [0.4, 0.5) is 0 Å². The molecule has 0 spiro atoms. The van der Waals surface area contributed by atoms with Gasteiger partial charge in [0.2, 0.25) is 0 Å². The van der Waals surface area contributed by atoms with Gasteiger partial charge in [0.15, 0.2) is 0 Å². The van der Waals surface area contributed by atoms with Crippen LogP contribution < -0.4 is 0 Å². The Balaban J connectivity index is 2.00. The summed E-state index contributed by atoms with van der Waals surface area (Å²) in [7, 11) is 1.53. The van der Waals surface area contributed by atoms with E-state index in [4.69, 9.17) is 9.68 Å². The third-order valence-electron chi connectivity index (χ3n) is 3.04. The maximum atomic E-state index is 5.41. The minimum atomic E-state index is 0.387. The molecule has 22 heavy (non-hydrogen) atoms. The SMILES string of the molecule is CON=C(C)c1cccc(CON=C(C)c2ccccn2)c1. The summed E-state index contributed by atoms with van der Waals surface area (Å²) in [6, 6.07) is 13.6. The first-order valence-corrected chi connectivity index (χ1v) is 6.95. The summed E-state index contributed by atoms with van der Waals surface area (Å²) >= 11 is 0. The molecule has 1 heterocycles. The third-order valence-corrected chi connectivity index (χ3v) is 3.04. The highest BCUT2D eigenvalue weighted by Gasteiger charge is 2.01. The second-order valence-corrected chi connectivity index (χ2v) is 4.72. The third kappa shape index (κ3) is 4.41. The highest BCUT2D eigenvalue weighted by Crippen LogP contribution is 2.09. The summed E-state index contributed by atoms with van der Waals surface area (Å²) < 4.78 is 0. The van der Waals surface area contributed by atoms with Crippen molar-refractivity contribution in [3.8, 4) is 0 Å². The Bertz CT molecular complexity index is 667. The second kappa shape index (κ2) is 7.93. The van der Waals surface area contributed by atoms with E-state index in [0.29, 0.717) is 6.61 Å². The molecule has 0 saturated carbocycles. The lowest BCUT2D eigenvalue weighted by Gasteiger charge is -2.05. The molecule has 1 aromatic heterocycles. The average molecular weight is 297 g/mol. The van der Waals surface area contributed by atoms with E-state index in [9.17, 15) is 0 Å². The fourth-order valence-corrected chi connectivity index (χ4v) is 1.90. The molecule has 0 aliphatic carbocycles. The van der Waals surface area contributed by atoms with E-state index < -0.39 is 0 Å². The van der Waals surface area contributed by atoms with Gasteiger partial charge in [0.25, 0.3) is 0 Å². The Kier molecular flexibility index (Phi) is 5.65. The molecule has 0 aliphatic rings. The Morgan fingerprint density at radius 2 is 1.91 bits per heavy atom. The molecule has 5 heteroatoms. The Hall–Kier alpha value is -2.69. The number of nitrogens with zero attached hydrogens (tertiary/aromatic N) is 3. The summed E-state index contributed by atoms with van der Waals surface area (Å²) in [5, 5.41) is 8.02. The normalized spacial score (nSPS) is 12.1. The molecule has 0 bridgehead atoms. The van der Waals surface area contributed by atoms with E-state index in [0.717, 1.165) is 28.2 Å². The zero-order chi connectivity index (χ0) is 15.8. The van der Waals surface area contributed by atoms with Crippen molar-refractivity contribution < 1.29 is 9.68 Å². The van der Waals surface area contributed by atoms with Crippen LogP contribution in [0.2, 0.25) is 0 Å². The molecule has 114 valence electrons. The van der Waals surface area contributed by atoms with Gasteiger partial charge < -0.3 is 9.68 Å². The van der Waals surface area contributed by atoms with Crippen LogP contribution in [0.3, 0.4) is 0 Å². The quantitative estimate of drug-likeness (QED) is 0.606. The van der Waals surface area contributed by atoms with Crippen LogP contribution in [0.15, 0.2) is 59.0 Å². The lowest BCUT2D eigenvalue weighted by Crippen LogP contribution is -2.00. The number of aromatic nitrogens is 1. The van der Waals surface area contributed by atoms with Crippen LogP contribution in [0.5, 0.6) is 0 Å². The van der Waals surface area contributed by atoms with Crippen molar-refractivity contribution in [1.82, 2.24) is 4.98 Å². The van der Waals surface area contributed by atoms with Crippen molar-refractivity contribution in [2.75, 3.05) is 7.11 Å². The van der Waals surface area contributed by atoms with Gasteiger partial charge in [-0.25, -0.2) is 0 Å². The largest absolute Gasteiger partial charge is 0.399 e. The molecule has 0 aliphatic heterocycles. The first-order chi connectivity index (χ1) is 10.7. The van der Waals surface area contributed by atoms with E-state index in [1.807, 2.05) is 56.3 Å². The fourth-order valence-electron chi connectivity index (χ4n) is 1.90. The molecule has 2 rings (SSSR count). The van der Waals surface area contributed by atoms with Crippen LogP contribution in [0, 0.1) is 0 Å². The van der Waals surface area contributed by atoms with Crippen molar-refractivity contribution in [2.45, 2.75) is 20.5 Å². The summed E-state index contributed by atoms with van der Waals surface area (Å²) in [5.74, 6) is 0. The van der Waals surface area contributed by atoms with Crippen LogP contribution in [-0.4, -0.2) is 23.5 Å². The fraction of sp³-hybridized carbons (Fsp3) is 0.235. The number of rotatable bonds is 6. The Labute approximate surface area is 130 Å². The predicted molar refractivity (Wildman–Crippen MR) is 86.9 cm³/mol. The van der Waals surface area contributed by atoms with Gasteiger partial charge in [0, 0.05) is 6.20 Å². The Morgan fingerprint density at radius 3 is 2.64 bits per heavy atom. The molecule has 1 aromatic carbocycles. The number of benzene rings is 1. The van der Waals surface area contributed by atoms with E-state index in [1.54, 1.807) is 6.20 Å². The first kappa shape index (κ1) is 15.7. The summed E-state index contributed by atoms with van der Waals surface area (Å²) in [5.41, 5.74) is 4.37. The van der Waals surface area contributed by atoms with Crippen molar-refractivity contribution >= 4 is 11.4 Å². The number of oxime groups is 2. The molecule has 0 amide bonds. The highest BCUT2D eigenvalue weighted by atomic mass is 16.6. The number of hydrogen-bond acceptors (Lipinski definition) is 5. The van der Waals surface area contributed by atoms with Gasteiger partial charge in [-0.2, -0.15) is 0 Å². The summed E-state index contributed by atoms with van der Waals surface area (Å²) in [6.07, 6.45) is 1.73. The molecule has 0 radical (unpaired) electrons. The predicted octanol–water partition coefficient (Wildman–Crippen LogP) is 3.39. The zero-order valence-electron chi connectivity index (χ0n) is 13.0. The van der Waals surface area contributed by atoms with Crippen molar-refractivity contribution in [3.05, 3.63) is 65.5 Å². The molecule has 0 fully saturated rings. The zero-order valence-corrected chi connectivity index (χ0v) is 13.0. The monoisotopic (exact) mass is 297 g/mol. The molecule has 2 aromatic rings. The van der Waals surface area contributed by atoms with Gasteiger partial charge >= 0.3 is 0 Å². The van der Waals surface area contributed by atoms with Gasteiger partial charge in [-0.15, -0.1) is 0 Å². The second-order valence-electron chi connectivity index (χ2n) is 4.72. The molecule has 0 N–H and O–H groups in total. The standard InChI is InChI=1S/C17H19N3O2/c1-13(19-21-3)16-8-6-7-15(11-16)12-22-20-14(2)17-9-4-5-10-18-17/h4-11H,12H2,1-3H3. The minimum absolute atomic E-state index is 0.387. The van der Waals surface area contributed by atoms with Crippen LogP contribution in [0.1, 0.15) is 30.7 Å². The van der Waals surface area contributed by atoms with Gasteiger partial charge in [-0.05, 0) is 43.2 Å². The number of hydrogen-bond donors (Lipinski definition) is 0. The average Bonchev–Trinajstić information content (AvgIpc) is 2.56. The maximum Gasteiger partial charge on any atom is 0.142 e. The molecule has 0 saturated heterocycles. The maximum absolute atomic E-state index is 5.41. The van der Waals surface area contributed by atoms with Gasteiger partial charge in [0.05, 0.1) is 11.4 Å².